The first-order valence-corrected chi connectivity index (χ1v) is 6.57. The highest BCUT2D eigenvalue weighted by Crippen LogP contribution is 2.22. The second-order valence-electron chi connectivity index (χ2n) is 4.42. The Hall–Kier alpha value is -2.53. The van der Waals surface area contributed by atoms with Crippen LogP contribution in [0, 0.1) is 0 Å². The van der Waals surface area contributed by atoms with Gasteiger partial charge >= 0.3 is 0 Å². The second-order valence-corrected chi connectivity index (χ2v) is 4.83. The number of benzene rings is 2. The van der Waals surface area contributed by atoms with E-state index in [1.165, 1.54) is 12.3 Å². The maximum Gasteiger partial charge on any atom is 0.244 e. The topological polar surface area (TPSA) is 87.7 Å². The zero-order valence-corrected chi connectivity index (χ0v) is 11.8. The van der Waals surface area contributed by atoms with Gasteiger partial charge in [-0.25, -0.2) is 5.43 Å². The SMILES string of the molecule is Nc1ccc(CC(=O)N/N=C\c2ccc(O)c(Cl)c2)cc1. The number of halogens is 1. The number of hydrogen-bond acceptors (Lipinski definition) is 4. The van der Waals surface area contributed by atoms with Crippen LogP contribution < -0.4 is 11.2 Å². The van der Waals surface area contributed by atoms with Gasteiger partial charge in [0.2, 0.25) is 5.91 Å². The van der Waals surface area contributed by atoms with E-state index in [0.717, 1.165) is 5.56 Å². The minimum Gasteiger partial charge on any atom is -0.506 e. The van der Waals surface area contributed by atoms with E-state index in [0.29, 0.717) is 11.3 Å². The Kier molecular flexibility index (Phi) is 4.79. The molecule has 0 saturated carbocycles. The zero-order valence-electron chi connectivity index (χ0n) is 11.1. The second kappa shape index (κ2) is 6.76. The molecule has 0 heterocycles. The van der Waals surface area contributed by atoms with Gasteiger partial charge in [0.1, 0.15) is 5.75 Å². The van der Waals surface area contributed by atoms with Crippen LogP contribution in [-0.4, -0.2) is 17.2 Å². The highest BCUT2D eigenvalue weighted by Gasteiger charge is 2.02. The molecule has 4 N–H and O–H groups in total. The van der Waals surface area contributed by atoms with Gasteiger partial charge in [0.05, 0.1) is 17.7 Å². The number of carbonyl (C=O) groups excluding carboxylic acids is 1. The predicted octanol–water partition coefficient (Wildman–Crippen LogP) is 2.32. The lowest BCUT2D eigenvalue weighted by atomic mass is 10.1. The van der Waals surface area contributed by atoms with E-state index in [2.05, 4.69) is 10.5 Å². The van der Waals surface area contributed by atoms with Crippen molar-refractivity contribution in [1.82, 2.24) is 5.43 Å². The van der Waals surface area contributed by atoms with Gasteiger partial charge in [-0.1, -0.05) is 23.7 Å². The minimum atomic E-state index is -0.235. The lowest BCUT2D eigenvalue weighted by Gasteiger charge is -2.01. The molecule has 0 saturated heterocycles. The number of carbonyl (C=O) groups is 1. The van der Waals surface area contributed by atoms with Crippen LogP contribution in [0.3, 0.4) is 0 Å². The third kappa shape index (κ3) is 4.50. The average Bonchev–Trinajstić information content (AvgIpc) is 2.45. The van der Waals surface area contributed by atoms with Gasteiger partial charge < -0.3 is 10.8 Å². The summed E-state index contributed by atoms with van der Waals surface area (Å²) < 4.78 is 0. The normalized spacial score (nSPS) is 10.7. The maximum atomic E-state index is 11.7. The van der Waals surface area contributed by atoms with Gasteiger partial charge in [0.15, 0.2) is 0 Å². The molecule has 0 unspecified atom stereocenters. The van der Waals surface area contributed by atoms with Crippen molar-refractivity contribution in [2.45, 2.75) is 6.42 Å². The Labute approximate surface area is 127 Å². The molecule has 6 heteroatoms. The van der Waals surface area contributed by atoms with E-state index < -0.39 is 0 Å². The number of rotatable bonds is 4. The fourth-order valence-electron chi connectivity index (χ4n) is 1.64. The third-order valence-corrected chi connectivity index (χ3v) is 3.02. The van der Waals surface area contributed by atoms with Gasteiger partial charge in [-0.15, -0.1) is 0 Å². The van der Waals surface area contributed by atoms with Crippen LogP contribution in [0.2, 0.25) is 5.02 Å². The van der Waals surface area contributed by atoms with Crippen molar-refractivity contribution in [3.63, 3.8) is 0 Å². The number of hydrazone groups is 1. The summed E-state index contributed by atoms with van der Waals surface area (Å²) in [5.41, 5.74) is 10.2. The van der Waals surface area contributed by atoms with Crippen LogP contribution in [0.5, 0.6) is 5.75 Å². The predicted molar refractivity (Wildman–Crippen MR) is 83.4 cm³/mol. The lowest BCUT2D eigenvalue weighted by Crippen LogP contribution is -2.19. The molecule has 1 amide bonds. The molecule has 0 fully saturated rings. The number of nitrogens with two attached hydrogens (primary N) is 1. The maximum absolute atomic E-state index is 11.7. The summed E-state index contributed by atoms with van der Waals surface area (Å²) in [6.45, 7) is 0. The molecule has 21 heavy (non-hydrogen) atoms. The van der Waals surface area contributed by atoms with Crippen molar-refractivity contribution in [1.29, 1.82) is 0 Å². The molecule has 0 aliphatic carbocycles. The smallest absolute Gasteiger partial charge is 0.244 e. The highest BCUT2D eigenvalue weighted by molar-refractivity contribution is 6.32. The molecule has 2 aromatic rings. The van der Waals surface area contributed by atoms with Crippen molar-refractivity contribution < 1.29 is 9.90 Å². The molecule has 0 aromatic heterocycles. The van der Waals surface area contributed by atoms with Crippen molar-refractivity contribution in [2.24, 2.45) is 5.10 Å². The van der Waals surface area contributed by atoms with Crippen LogP contribution in [0.25, 0.3) is 0 Å². The van der Waals surface area contributed by atoms with Crippen molar-refractivity contribution in [3.8, 4) is 5.75 Å². The minimum absolute atomic E-state index is 0.00111. The summed E-state index contributed by atoms with van der Waals surface area (Å²) in [5, 5.41) is 13.4. The van der Waals surface area contributed by atoms with Gasteiger partial charge in [-0.05, 0) is 41.5 Å². The van der Waals surface area contributed by atoms with Crippen molar-refractivity contribution in [2.75, 3.05) is 5.73 Å². The summed E-state index contributed by atoms with van der Waals surface area (Å²) in [5.74, 6) is -0.234. The number of nitrogens with zero attached hydrogens (tertiary/aromatic N) is 1. The molecule has 5 nitrogen and oxygen atoms in total. The lowest BCUT2D eigenvalue weighted by molar-refractivity contribution is -0.120. The average molecular weight is 304 g/mol. The Morgan fingerprint density at radius 1 is 1.29 bits per heavy atom. The standard InChI is InChI=1S/C15H14ClN3O2/c16-13-7-11(3-6-14(13)20)9-18-19-15(21)8-10-1-4-12(17)5-2-10/h1-7,9,20H,8,17H2,(H,19,21)/b18-9-. The summed E-state index contributed by atoms with van der Waals surface area (Å²) in [4.78, 5) is 11.7. The summed E-state index contributed by atoms with van der Waals surface area (Å²) >= 11 is 5.77. The van der Waals surface area contributed by atoms with E-state index in [-0.39, 0.29) is 23.1 Å². The van der Waals surface area contributed by atoms with Crippen LogP contribution in [0.1, 0.15) is 11.1 Å². The largest absolute Gasteiger partial charge is 0.506 e. The number of phenolic OH excluding ortho intramolecular Hbond substituents is 1. The van der Waals surface area contributed by atoms with Crippen LogP contribution in [0.15, 0.2) is 47.6 Å². The molecule has 0 bridgehead atoms. The monoisotopic (exact) mass is 303 g/mol. The molecule has 2 aromatic carbocycles. The molecule has 0 aliphatic rings. The summed E-state index contributed by atoms with van der Waals surface area (Å²) in [7, 11) is 0. The van der Waals surface area contributed by atoms with Crippen molar-refractivity contribution in [3.05, 3.63) is 58.6 Å². The number of nitrogen functional groups attached to an aromatic ring is 1. The van der Waals surface area contributed by atoms with Gasteiger partial charge in [0.25, 0.3) is 0 Å². The molecule has 0 spiro atoms. The Morgan fingerprint density at radius 2 is 2.00 bits per heavy atom. The van der Waals surface area contributed by atoms with Gasteiger partial charge in [-0.2, -0.15) is 5.10 Å². The van der Waals surface area contributed by atoms with Crippen molar-refractivity contribution >= 4 is 29.4 Å². The number of amides is 1. The molecule has 0 aliphatic heterocycles. The Morgan fingerprint density at radius 3 is 2.67 bits per heavy atom. The number of hydrogen-bond donors (Lipinski definition) is 3. The zero-order chi connectivity index (χ0) is 15.2. The highest BCUT2D eigenvalue weighted by atomic mass is 35.5. The van der Waals surface area contributed by atoms with Crippen LogP contribution in [-0.2, 0) is 11.2 Å². The molecular formula is C15H14ClN3O2. The molecule has 108 valence electrons. The molecule has 0 atom stereocenters. The number of nitrogens with one attached hydrogen (secondary N) is 1. The van der Waals surface area contributed by atoms with E-state index >= 15 is 0 Å². The molecular weight excluding hydrogens is 290 g/mol. The van der Waals surface area contributed by atoms with Crippen LogP contribution >= 0.6 is 11.6 Å². The van der Waals surface area contributed by atoms with E-state index in [9.17, 15) is 9.90 Å². The fraction of sp³-hybridized carbons (Fsp3) is 0.0667. The quantitative estimate of drug-likeness (QED) is 0.460. The molecule has 0 radical (unpaired) electrons. The van der Waals surface area contributed by atoms with Crippen LogP contribution in [0.4, 0.5) is 5.69 Å². The Balaban J connectivity index is 1.89. The molecule has 2 rings (SSSR count). The number of phenols is 1. The van der Waals surface area contributed by atoms with E-state index in [1.54, 1.807) is 36.4 Å². The van der Waals surface area contributed by atoms with Gasteiger partial charge in [-0.3, -0.25) is 4.79 Å². The summed E-state index contributed by atoms with van der Waals surface area (Å²) in [6.07, 6.45) is 1.67. The third-order valence-electron chi connectivity index (χ3n) is 2.72. The first-order chi connectivity index (χ1) is 10.0. The number of anilines is 1. The first kappa shape index (κ1) is 14.9. The van der Waals surface area contributed by atoms with E-state index in [4.69, 9.17) is 17.3 Å². The summed E-state index contributed by atoms with van der Waals surface area (Å²) in [6, 6.07) is 11.7. The number of aromatic hydroxyl groups is 1. The fourth-order valence-corrected chi connectivity index (χ4v) is 1.83. The Bertz CT molecular complexity index is 669. The van der Waals surface area contributed by atoms with Gasteiger partial charge in [0, 0.05) is 5.69 Å². The first-order valence-electron chi connectivity index (χ1n) is 6.19. The van der Waals surface area contributed by atoms with E-state index in [1.807, 2.05) is 0 Å².